The molecule has 24 heavy (non-hydrogen) atoms. The third-order valence-corrected chi connectivity index (χ3v) is 4.59. The minimum absolute atomic E-state index is 0.261. The van der Waals surface area contributed by atoms with E-state index in [2.05, 4.69) is 49.3 Å². The summed E-state index contributed by atoms with van der Waals surface area (Å²) in [4.78, 5) is 17.5. The van der Waals surface area contributed by atoms with Gasteiger partial charge < -0.3 is 15.1 Å². The molecule has 2 aromatic rings. The van der Waals surface area contributed by atoms with Crippen LogP contribution >= 0.6 is 11.6 Å². The summed E-state index contributed by atoms with van der Waals surface area (Å²) in [7, 11) is 2.13. The van der Waals surface area contributed by atoms with E-state index in [0.717, 1.165) is 49.8 Å². The van der Waals surface area contributed by atoms with Crippen LogP contribution in [0.2, 0.25) is 5.28 Å². The van der Waals surface area contributed by atoms with Crippen LogP contribution in [0.1, 0.15) is 11.1 Å². The van der Waals surface area contributed by atoms with E-state index in [1.165, 1.54) is 5.56 Å². The van der Waals surface area contributed by atoms with Crippen molar-refractivity contribution in [3.05, 3.63) is 40.7 Å². The third-order valence-electron chi connectivity index (χ3n) is 4.42. The summed E-state index contributed by atoms with van der Waals surface area (Å²) in [6, 6.07) is 8.17. The van der Waals surface area contributed by atoms with Gasteiger partial charge in [0, 0.05) is 44.1 Å². The first-order chi connectivity index (χ1) is 11.7. The second kappa shape index (κ2) is 6.37. The molecular weight excluding hydrogens is 324 g/mol. The molecule has 6 nitrogen and oxygen atoms in total. The molecule has 0 bridgehead atoms. The Labute approximate surface area is 146 Å². The van der Waals surface area contributed by atoms with Crippen molar-refractivity contribution < 1.29 is 0 Å². The van der Waals surface area contributed by atoms with Crippen molar-refractivity contribution in [1.29, 1.82) is 0 Å². The van der Waals surface area contributed by atoms with E-state index >= 15 is 0 Å². The van der Waals surface area contributed by atoms with Gasteiger partial charge in [-0.2, -0.15) is 0 Å². The van der Waals surface area contributed by atoms with Gasteiger partial charge in [0.15, 0.2) is 0 Å². The highest BCUT2D eigenvalue weighted by molar-refractivity contribution is 6.28. The number of nitrogens with zero attached hydrogens (tertiary/aromatic N) is 5. The summed E-state index contributed by atoms with van der Waals surface area (Å²) in [5.74, 6) is 1.58. The lowest BCUT2D eigenvalue weighted by molar-refractivity contribution is 0.312. The quantitative estimate of drug-likeness (QED) is 0.869. The normalized spacial score (nSPS) is 17.2. The lowest BCUT2D eigenvalue weighted by atomic mass is 10.1. The van der Waals surface area contributed by atoms with Crippen LogP contribution in [0.5, 0.6) is 0 Å². The fourth-order valence-electron chi connectivity index (χ4n) is 2.99. The molecule has 3 heterocycles. The van der Waals surface area contributed by atoms with E-state index in [4.69, 9.17) is 11.6 Å². The average molecular weight is 343 g/mol. The number of piperazine rings is 1. The Morgan fingerprint density at radius 2 is 1.92 bits per heavy atom. The van der Waals surface area contributed by atoms with Crippen LogP contribution in [0, 0.1) is 0 Å². The number of halogens is 1. The Morgan fingerprint density at radius 1 is 1.08 bits per heavy atom. The highest BCUT2D eigenvalue weighted by Gasteiger charge is 2.17. The van der Waals surface area contributed by atoms with Gasteiger partial charge in [0.2, 0.25) is 5.28 Å². The summed E-state index contributed by atoms with van der Waals surface area (Å²) in [6.07, 6.45) is 1.91. The maximum absolute atomic E-state index is 6.14. The molecule has 1 N–H and O–H groups in total. The minimum atomic E-state index is 0.261. The maximum atomic E-state index is 6.14. The minimum Gasteiger partial charge on any atom is -0.354 e. The molecule has 124 valence electrons. The monoisotopic (exact) mass is 342 g/mol. The van der Waals surface area contributed by atoms with E-state index in [9.17, 15) is 0 Å². The van der Waals surface area contributed by atoms with E-state index < -0.39 is 0 Å². The van der Waals surface area contributed by atoms with E-state index in [-0.39, 0.29) is 5.28 Å². The highest BCUT2D eigenvalue weighted by atomic mass is 35.5. The van der Waals surface area contributed by atoms with Crippen molar-refractivity contribution in [2.45, 2.75) is 6.54 Å². The topological polar surface area (TPSA) is 56.6 Å². The van der Waals surface area contributed by atoms with Gasteiger partial charge in [-0.15, -0.1) is 0 Å². The van der Waals surface area contributed by atoms with Gasteiger partial charge in [-0.25, -0.2) is 9.97 Å². The zero-order valence-electron chi connectivity index (χ0n) is 13.5. The summed E-state index contributed by atoms with van der Waals surface area (Å²) in [6.45, 7) is 4.70. The van der Waals surface area contributed by atoms with Crippen LogP contribution in [0.3, 0.4) is 0 Å². The number of fused-ring (bicyclic) bond motifs is 1. The molecule has 4 rings (SSSR count). The Hall–Kier alpha value is -2.18. The molecular formula is C17H19ClN6. The molecule has 1 aromatic carbocycles. The summed E-state index contributed by atoms with van der Waals surface area (Å²) in [5.41, 5.74) is 3.38. The van der Waals surface area contributed by atoms with Crippen molar-refractivity contribution in [3.8, 4) is 0 Å². The molecule has 0 spiro atoms. The fraction of sp³-hybridized carbons (Fsp3) is 0.353. The predicted octanol–water partition coefficient (Wildman–Crippen LogP) is 2.56. The smallest absolute Gasteiger partial charge is 0.226 e. The zero-order valence-corrected chi connectivity index (χ0v) is 14.3. The van der Waals surface area contributed by atoms with Gasteiger partial charge in [0.05, 0.1) is 6.54 Å². The number of nitrogens with one attached hydrogen (secondary N) is 1. The average Bonchev–Trinajstić information content (AvgIpc) is 3.02. The molecule has 0 atom stereocenters. The zero-order chi connectivity index (χ0) is 16.5. The number of benzene rings is 1. The van der Waals surface area contributed by atoms with Crippen molar-refractivity contribution in [3.63, 3.8) is 0 Å². The molecule has 1 aromatic heterocycles. The largest absolute Gasteiger partial charge is 0.354 e. The first-order valence-corrected chi connectivity index (χ1v) is 8.43. The molecule has 0 radical (unpaired) electrons. The van der Waals surface area contributed by atoms with E-state index in [1.54, 1.807) is 0 Å². The number of likely N-dealkylation sites (N-methyl/N-ethyl adjacent to an activating group) is 1. The first kappa shape index (κ1) is 15.4. The summed E-state index contributed by atoms with van der Waals surface area (Å²) < 4.78 is 0. The van der Waals surface area contributed by atoms with Crippen LogP contribution in [0.25, 0.3) is 0 Å². The van der Waals surface area contributed by atoms with Gasteiger partial charge in [-0.1, -0.05) is 6.07 Å². The lowest BCUT2D eigenvalue weighted by Crippen LogP contribution is -2.44. The Bertz CT molecular complexity index is 783. The molecule has 0 saturated carbocycles. The van der Waals surface area contributed by atoms with Crippen molar-refractivity contribution in [2.24, 2.45) is 4.99 Å². The van der Waals surface area contributed by atoms with E-state index in [1.807, 2.05) is 18.3 Å². The number of anilines is 3. The van der Waals surface area contributed by atoms with E-state index in [0.29, 0.717) is 5.82 Å². The second-order valence-electron chi connectivity index (χ2n) is 6.18. The van der Waals surface area contributed by atoms with Crippen molar-refractivity contribution >= 4 is 35.1 Å². The molecule has 0 unspecified atom stereocenters. The maximum Gasteiger partial charge on any atom is 0.226 e. The van der Waals surface area contributed by atoms with Gasteiger partial charge >= 0.3 is 0 Å². The number of hydrogen-bond acceptors (Lipinski definition) is 6. The number of hydrogen-bond donors (Lipinski definition) is 1. The molecule has 0 aliphatic carbocycles. The predicted molar refractivity (Wildman–Crippen MR) is 97.8 cm³/mol. The molecule has 2 aliphatic rings. The van der Waals surface area contributed by atoms with Gasteiger partial charge in [0.1, 0.15) is 11.6 Å². The standard InChI is InChI=1S/C17H19ClN6/c1-23-4-6-24(7-5-23)16-9-15(21-17(18)22-16)20-14-3-2-12-10-19-11-13(12)8-14/h2-3,8-9,11H,4-7,10H2,1H3,(H,20,21,22). The van der Waals surface area contributed by atoms with Crippen LogP contribution in [0.4, 0.5) is 17.3 Å². The van der Waals surface area contributed by atoms with Crippen molar-refractivity contribution in [1.82, 2.24) is 14.9 Å². The van der Waals surface area contributed by atoms with Gasteiger partial charge in [-0.05, 0) is 41.9 Å². The summed E-state index contributed by atoms with van der Waals surface area (Å²) >= 11 is 6.14. The molecule has 1 saturated heterocycles. The molecule has 0 amide bonds. The van der Waals surface area contributed by atoms with Crippen LogP contribution < -0.4 is 10.2 Å². The Balaban J connectivity index is 1.56. The fourth-order valence-corrected chi connectivity index (χ4v) is 3.17. The van der Waals surface area contributed by atoms with Gasteiger partial charge in [0.25, 0.3) is 0 Å². The highest BCUT2D eigenvalue weighted by Crippen LogP contribution is 2.25. The Kier molecular flexibility index (Phi) is 4.08. The number of aromatic nitrogens is 2. The number of rotatable bonds is 3. The molecule has 2 aliphatic heterocycles. The number of aliphatic imine (C=N–C) groups is 1. The Morgan fingerprint density at radius 3 is 2.75 bits per heavy atom. The third kappa shape index (κ3) is 3.20. The second-order valence-corrected chi connectivity index (χ2v) is 6.52. The molecule has 1 fully saturated rings. The van der Waals surface area contributed by atoms with Crippen LogP contribution in [-0.4, -0.2) is 54.3 Å². The summed E-state index contributed by atoms with van der Waals surface area (Å²) in [5, 5.41) is 3.59. The van der Waals surface area contributed by atoms with Crippen LogP contribution in [0.15, 0.2) is 29.3 Å². The van der Waals surface area contributed by atoms with Crippen molar-refractivity contribution in [2.75, 3.05) is 43.4 Å². The first-order valence-electron chi connectivity index (χ1n) is 8.05. The SMILES string of the molecule is CN1CCN(c2cc(Nc3ccc4c(c3)C=NC4)nc(Cl)n2)CC1. The molecule has 7 heteroatoms. The van der Waals surface area contributed by atoms with Crippen LogP contribution in [-0.2, 0) is 6.54 Å². The lowest BCUT2D eigenvalue weighted by Gasteiger charge is -2.33. The van der Waals surface area contributed by atoms with Gasteiger partial charge in [-0.3, -0.25) is 4.99 Å².